The predicted octanol–water partition coefficient (Wildman–Crippen LogP) is 5.28. The van der Waals surface area contributed by atoms with Gasteiger partial charge in [0, 0.05) is 23.4 Å². The normalized spacial score (nSPS) is 10.8. The van der Waals surface area contributed by atoms with Gasteiger partial charge >= 0.3 is 0 Å². The fourth-order valence-electron chi connectivity index (χ4n) is 4.41. The lowest BCUT2D eigenvalue weighted by atomic mass is 10.1. The van der Waals surface area contributed by atoms with Gasteiger partial charge in [-0.3, -0.25) is 4.57 Å². The van der Waals surface area contributed by atoms with E-state index in [1.807, 2.05) is 59.2 Å². The molecule has 0 bridgehead atoms. The first-order valence-electron chi connectivity index (χ1n) is 12.2. The van der Waals surface area contributed by atoms with Gasteiger partial charge in [0.1, 0.15) is 12.2 Å². The molecule has 0 radical (unpaired) electrons. The maximum Gasteiger partial charge on any atom is 0.170 e. The van der Waals surface area contributed by atoms with Crippen molar-refractivity contribution in [2.24, 2.45) is 0 Å². The predicted molar refractivity (Wildman–Crippen MR) is 151 cm³/mol. The first-order chi connectivity index (χ1) is 19.5. The van der Waals surface area contributed by atoms with Crippen molar-refractivity contribution in [3.05, 3.63) is 60.9 Å². The quantitative estimate of drug-likeness (QED) is 0.250. The Morgan fingerprint density at radius 3 is 1.82 bits per heavy atom. The van der Waals surface area contributed by atoms with E-state index in [1.54, 1.807) is 42.7 Å². The first kappa shape index (κ1) is 26.4. The highest BCUT2D eigenvalue weighted by atomic mass is 16.5. The largest absolute Gasteiger partial charge is 0.493 e. The summed E-state index contributed by atoms with van der Waals surface area (Å²) >= 11 is 0. The van der Waals surface area contributed by atoms with Crippen molar-refractivity contribution in [1.82, 2.24) is 19.5 Å². The molecule has 0 saturated carbocycles. The number of hydrogen-bond acceptors (Lipinski definition) is 10. The van der Waals surface area contributed by atoms with Gasteiger partial charge in [-0.05, 0) is 42.5 Å². The van der Waals surface area contributed by atoms with Crippen molar-refractivity contribution in [3.8, 4) is 51.6 Å². The van der Waals surface area contributed by atoms with Crippen LogP contribution in [-0.4, -0.2) is 62.2 Å². The van der Waals surface area contributed by atoms with Gasteiger partial charge in [0.2, 0.25) is 0 Å². The number of fused-ring (bicyclic) bond motifs is 1. The molecular formula is C29H29N5O6. The van der Waals surface area contributed by atoms with Gasteiger partial charge in [-0.1, -0.05) is 0 Å². The van der Waals surface area contributed by atoms with Crippen LogP contribution >= 0.6 is 0 Å². The molecule has 0 spiro atoms. The molecule has 5 rings (SSSR count). The monoisotopic (exact) mass is 543 g/mol. The zero-order valence-electron chi connectivity index (χ0n) is 23.0. The second-order valence-corrected chi connectivity index (χ2v) is 8.47. The number of benzene rings is 3. The second-order valence-electron chi connectivity index (χ2n) is 8.47. The standard InChI is InChI=1S/C29H29N5O6/c1-35-20-10-7-17(13-23(20)38-4)28-33-26-27(32-18-8-11-21(36-2)24(14-18)39-5)30-16-31-29(26)34(28)19-9-12-22(37-3)25(15-19)40-6/h7-16H,1-6H3,(H,30,31,32). The highest BCUT2D eigenvalue weighted by Crippen LogP contribution is 2.38. The smallest absolute Gasteiger partial charge is 0.170 e. The van der Waals surface area contributed by atoms with Crippen LogP contribution in [0.1, 0.15) is 0 Å². The van der Waals surface area contributed by atoms with Crippen LogP contribution in [0.15, 0.2) is 60.9 Å². The van der Waals surface area contributed by atoms with E-state index in [2.05, 4.69) is 15.3 Å². The fourth-order valence-corrected chi connectivity index (χ4v) is 4.41. The summed E-state index contributed by atoms with van der Waals surface area (Å²) in [6, 6.07) is 16.7. The van der Waals surface area contributed by atoms with Crippen LogP contribution in [0.25, 0.3) is 28.2 Å². The van der Waals surface area contributed by atoms with Crippen LogP contribution in [0.3, 0.4) is 0 Å². The van der Waals surface area contributed by atoms with Gasteiger partial charge in [-0.15, -0.1) is 0 Å². The summed E-state index contributed by atoms with van der Waals surface area (Å²) in [5, 5.41) is 3.35. The average molecular weight is 544 g/mol. The Balaban J connectivity index is 1.72. The summed E-state index contributed by atoms with van der Waals surface area (Å²) < 4.78 is 34.8. The molecule has 0 saturated heterocycles. The number of methoxy groups -OCH3 is 6. The Hall–Kier alpha value is -5.19. The molecule has 11 nitrogen and oxygen atoms in total. The van der Waals surface area contributed by atoms with Gasteiger partial charge in [0.05, 0.1) is 48.3 Å². The average Bonchev–Trinajstić information content (AvgIpc) is 3.40. The summed E-state index contributed by atoms with van der Waals surface area (Å²) in [6.07, 6.45) is 1.49. The second kappa shape index (κ2) is 11.3. The minimum absolute atomic E-state index is 0.512. The van der Waals surface area contributed by atoms with Crippen LogP contribution < -0.4 is 33.7 Å². The molecule has 1 N–H and O–H groups in total. The number of imidazole rings is 1. The summed E-state index contributed by atoms with van der Waals surface area (Å²) in [4.78, 5) is 14.1. The summed E-state index contributed by atoms with van der Waals surface area (Å²) in [5.41, 5.74) is 3.42. The van der Waals surface area contributed by atoms with Crippen LogP contribution in [0.4, 0.5) is 11.5 Å². The van der Waals surface area contributed by atoms with Crippen molar-refractivity contribution in [1.29, 1.82) is 0 Å². The Kier molecular flexibility index (Phi) is 7.45. The van der Waals surface area contributed by atoms with Crippen LogP contribution in [0.2, 0.25) is 0 Å². The fraction of sp³-hybridized carbons (Fsp3) is 0.207. The van der Waals surface area contributed by atoms with Gasteiger partial charge < -0.3 is 33.7 Å². The molecule has 0 atom stereocenters. The van der Waals surface area contributed by atoms with E-state index >= 15 is 0 Å². The van der Waals surface area contributed by atoms with Gasteiger partial charge in [0.25, 0.3) is 0 Å². The van der Waals surface area contributed by atoms with Gasteiger partial charge in [-0.2, -0.15) is 0 Å². The van der Waals surface area contributed by atoms with Crippen molar-refractivity contribution in [2.45, 2.75) is 0 Å². The molecule has 0 aliphatic heterocycles. The third-order valence-electron chi connectivity index (χ3n) is 6.36. The molecule has 0 fully saturated rings. The van der Waals surface area contributed by atoms with Crippen LogP contribution in [-0.2, 0) is 0 Å². The van der Waals surface area contributed by atoms with Gasteiger partial charge in [-0.25, -0.2) is 15.0 Å². The number of hydrogen-bond donors (Lipinski definition) is 1. The van der Waals surface area contributed by atoms with E-state index in [4.69, 9.17) is 33.4 Å². The third kappa shape index (κ3) is 4.73. The van der Waals surface area contributed by atoms with Crippen molar-refractivity contribution >= 4 is 22.7 Å². The molecule has 0 aliphatic rings. The summed E-state index contributed by atoms with van der Waals surface area (Å²) in [5.74, 6) is 4.68. The molecule has 206 valence electrons. The third-order valence-corrected chi connectivity index (χ3v) is 6.36. The molecule has 2 heterocycles. The SMILES string of the molecule is COc1ccc(Nc2ncnc3c2nc(-c2ccc(OC)c(OC)c2)n3-c2ccc(OC)c(OC)c2)cc1OC. The van der Waals surface area contributed by atoms with Crippen molar-refractivity contribution in [2.75, 3.05) is 48.0 Å². The highest BCUT2D eigenvalue weighted by Gasteiger charge is 2.21. The van der Waals surface area contributed by atoms with Crippen molar-refractivity contribution < 1.29 is 28.4 Å². The lowest BCUT2D eigenvalue weighted by Crippen LogP contribution is -2.02. The Bertz CT molecular complexity index is 1670. The van der Waals surface area contributed by atoms with E-state index in [0.717, 1.165) is 16.9 Å². The number of nitrogens with zero attached hydrogens (tertiary/aromatic N) is 4. The van der Waals surface area contributed by atoms with E-state index in [0.29, 0.717) is 57.3 Å². The molecule has 0 aliphatic carbocycles. The number of anilines is 2. The van der Waals surface area contributed by atoms with Crippen LogP contribution in [0.5, 0.6) is 34.5 Å². The molecule has 40 heavy (non-hydrogen) atoms. The molecule has 2 aromatic heterocycles. The van der Waals surface area contributed by atoms with Gasteiger partial charge in [0.15, 0.2) is 51.5 Å². The van der Waals surface area contributed by atoms with E-state index in [1.165, 1.54) is 6.33 Å². The molecule has 0 amide bonds. The molecule has 11 heteroatoms. The van der Waals surface area contributed by atoms with Crippen LogP contribution in [0, 0.1) is 0 Å². The molecular weight excluding hydrogens is 514 g/mol. The maximum atomic E-state index is 5.58. The minimum atomic E-state index is 0.512. The Morgan fingerprint density at radius 2 is 1.18 bits per heavy atom. The molecule has 5 aromatic rings. The molecule has 3 aromatic carbocycles. The molecule has 0 unspecified atom stereocenters. The van der Waals surface area contributed by atoms with E-state index in [-0.39, 0.29) is 0 Å². The first-order valence-corrected chi connectivity index (χ1v) is 12.2. The summed E-state index contributed by atoms with van der Waals surface area (Å²) in [7, 11) is 9.56. The Morgan fingerprint density at radius 1 is 0.600 bits per heavy atom. The zero-order chi connectivity index (χ0) is 28.2. The lowest BCUT2D eigenvalue weighted by Gasteiger charge is -2.14. The topological polar surface area (TPSA) is 111 Å². The van der Waals surface area contributed by atoms with E-state index in [9.17, 15) is 0 Å². The number of aromatic nitrogens is 4. The van der Waals surface area contributed by atoms with Crippen molar-refractivity contribution in [3.63, 3.8) is 0 Å². The maximum absolute atomic E-state index is 5.58. The zero-order valence-corrected chi connectivity index (χ0v) is 23.0. The minimum Gasteiger partial charge on any atom is -0.493 e. The van der Waals surface area contributed by atoms with E-state index < -0.39 is 0 Å². The summed E-state index contributed by atoms with van der Waals surface area (Å²) in [6.45, 7) is 0. The highest BCUT2D eigenvalue weighted by molar-refractivity contribution is 5.90. The number of nitrogens with one attached hydrogen (secondary N) is 1. The number of ether oxygens (including phenoxy) is 6. The lowest BCUT2D eigenvalue weighted by molar-refractivity contribution is 0.355. The Labute approximate surface area is 231 Å². The number of rotatable bonds is 10.